The first kappa shape index (κ1) is 18.7. The molecule has 0 saturated heterocycles. The molecule has 4 rings (SSSR count). The first-order valence-electron chi connectivity index (χ1n) is 9.71. The lowest BCUT2D eigenvalue weighted by molar-refractivity contribution is 0.890. The minimum atomic E-state index is 0.789. The van der Waals surface area contributed by atoms with Crippen molar-refractivity contribution in [2.75, 3.05) is 5.32 Å². The lowest BCUT2D eigenvalue weighted by Crippen LogP contribution is -1.98. The molecule has 4 heteroatoms. The molecule has 0 saturated carbocycles. The Morgan fingerprint density at radius 1 is 1.04 bits per heavy atom. The van der Waals surface area contributed by atoms with Crippen molar-refractivity contribution in [3.63, 3.8) is 0 Å². The summed E-state index contributed by atoms with van der Waals surface area (Å²) in [6.45, 7) is 4.28. The standard InChI is InChI=1S/C24H24ClN3/c1-16-4-3-5-18(12-16)7-8-19-9-10-20(14-22(19)25)28-24-21-13-17(2)6-11-23(21)26-15-27-24/h5-6,9-15H,3-4,7-8H2,1-2H3,(H,26,27,28). The molecule has 0 aliphatic heterocycles. The van der Waals surface area contributed by atoms with E-state index in [1.54, 1.807) is 6.33 Å². The maximum absolute atomic E-state index is 6.58. The van der Waals surface area contributed by atoms with E-state index < -0.39 is 0 Å². The van der Waals surface area contributed by atoms with Gasteiger partial charge in [0.2, 0.25) is 0 Å². The Hall–Kier alpha value is -2.65. The van der Waals surface area contributed by atoms with Gasteiger partial charge < -0.3 is 5.32 Å². The summed E-state index contributed by atoms with van der Waals surface area (Å²) in [5.41, 5.74) is 7.10. The van der Waals surface area contributed by atoms with Gasteiger partial charge in [-0.1, -0.05) is 52.6 Å². The van der Waals surface area contributed by atoms with Gasteiger partial charge in [0.1, 0.15) is 12.1 Å². The highest BCUT2D eigenvalue weighted by atomic mass is 35.5. The van der Waals surface area contributed by atoms with Crippen molar-refractivity contribution in [3.8, 4) is 0 Å². The van der Waals surface area contributed by atoms with E-state index >= 15 is 0 Å². The molecule has 0 radical (unpaired) electrons. The lowest BCUT2D eigenvalue weighted by Gasteiger charge is -2.13. The van der Waals surface area contributed by atoms with Gasteiger partial charge in [0.05, 0.1) is 5.52 Å². The van der Waals surface area contributed by atoms with Gasteiger partial charge in [-0.2, -0.15) is 0 Å². The molecular formula is C24H24ClN3. The lowest BCUT2D eigenvalue weighted by atomic mass is 9.96. The van der Waals surface area contributed by atoms with E-state index in [1.165, 1.54) is 28.7 Å². The number of fused-ring (bicyclic) bond motifs is 1. The fourth-order valence-corrected chi connectivity index (χ4v) is 3.90. The van der Waals surface area contributed by atoms with Crippen LogP contribution in [0.1, 0.15) is 37.3 Å². The zero-order chi connectivity index (χ0) is 19.5. The number of rotatable bonds is 5. The smallest absolute Gasteiger partial charge is 0.141 e. The third-order valence-electron chi connectivity index (χ3n) is 5.17. The van der Waals surface area contributed by atoms with Crippen LogP contribution < -0.4 is 5.32 Å². The Kier molecular flexibility index (Phi) is 5.45. The van der Waals surface area contributed by atoms with Gasteiger partial charge >= 0.3 is 0 Å². The molecule has 2 aromatic carbocycles. The van der Waals surface area contributed by atoms with E-state index in [0.717, 1.165) is 46.7 Å². The van der Waals surface area contributed by atoms with E-state index in [9.17, 15) is 0 Å². The van der Waals surface area contributed by atoms with Crippen LogP contribution in [0.3, 0.4) is 0 Å². The first-order chi connectivity index (χ1) is 13.6. The van der Waals surface area contributed by atoms with E-state index in [0.29, 0.717) is 0 Å². The van der Waals surface area contributed by atoms with Crippen LogP contribution in [-0.2, 0) is 6.42 Å². The second kappa shape index (κ2) is 8.15. The van der Waals surface area contributed by atoms with Gasteiger partial charge in [0.15, 0.2) is 0 Å². The van der Waals surface area contributed by atoms with E-state index in [2.05, 4.69) is 65.5 Å². The molecule has 0 bridgehead atoms. The second-order valence-electron chi connectivity index (χ2n) is 7.48. The highest BCUT2D eigenvalue weighted by Gasteiger charge is 2.08. The topological polar surface area (TPSA) is 37.8 Å². The molecule has 3 aromatic rings. The largest absolute Gasteiger partial charge is 0.340 e. The Morgan fingerprint density at radius 3 is 2.75 bits per heavy atom. The van der Waals surface area contributed by atoms with Crippen LogP contribution in [0.2, 0.25) is 5.02 Å². The number of aromatic nitrogens is 2. The third-order valence-corrected chi connectivity index (χ3v) is 5.52. The highest BCUT2D eigenvalue weighted by molar-refractivity contribution is 6.31. The summed E-state index contributed by atoms with van der Waals surface area (Å²) in [6.07, 6.45) is 10.6. The summed E-state index contributed by atoms with van der Waals surface area (Å²) < 4.78 is 0. The predicted molar refractivity (Wildman–Crippen MR) is 118 cm³/mol. The van der Waals surface area contributed by atoms with Crippen LogP contribution in [-0.4, -0.2) is 9.97 Å². The van der Waals surface area contributed by atoms with Crippen molar-refractivity contribution in [1.29, 1.82) is 0 Å². The molecule has 1 aliphatic carbocycles. The molecule has 1 N–H and O–H groups in total. The summed E-state index contributed by atoms with van der Waals surface area (Å²) in [6, 6.07) is 12.3. The fourth-order valence-electron chi connectivity index (χ4n) is 3.62. The Bertz CT molecular complexity index is 1080. The van der Waals surface area contributed by atoms with Crippen LogP contribution in [0.4, 0.5) is 11.5 Å². The quantitative estimate of drug-likeness (QED) is 0.513. The number of nitrogens with one attached hydrogen (secondary N) is 1. The number of halogens is 1. The molecule has 1 aromatic heterocycles. The van der Waals surface area contributed by atoms with Crippen LogP contribution in [0.15, 0.2) is 66.0 Å². The monoisotopic (exact) mass is 389 g/mol. The van der Waals surface area contributed by atoms with E-state index in [4.69, 9.17) is 11.6 Å². The predicted octanol–water partition coefficient (Wildman–Crippen LogP) is 6.93. The van der Waals surface area contributed by atoms with Gasteiger partial charge in [-0.25, -0.2) is 9.97 Å². The molecule has 0 unspecified atom stereocenters. The molecule has 1 heterocycles. The maximum Gasteiger partial charge on any atom is 0.141 e. The summed E-state index contributed by atoms with van der Waals surface area (Å²) >= 11 is 6.58. The Labute approximate surface area is 171 Å². The molecule has 0 spiro atoms. The van der Waals surface area contributed by atoms with Crippen LogP contribution in [0.5, 0.6) is 0 Å². The van der Waals surface area contributed by atoms with Crippen molar-refractivity contribution < 1.29 is 0 Å². The Morgan fingerprint density at radius 2 is 1.93 bits per heavy atom. The van der Waals surface area contributed by atoms with Gasteiger partial charge in [-0.15, -0.1) is 0 Å². The first-order valence-corrected chi connectivity index (χ1v) is 10.1. The Balaban J connectivity index is 1.51. The number of hydrogen-bond acceptors (Lipinski definition) is 3. The number of nitrogens with zero attached hydrogens (tertiary/aromatic N) is 2. The van der Waals surface area contributed by atoms with Crippen molar-refractivity contribution in [2.45, 2.75) is 39.5 Å². The highest BCUT2D eigenvalue weighted by Crippen LogP contribution is 2.28. The summed E-state index contributed by atoms with van der Waals surface area (Å²) in [5, 5.41) is 5.19. The fraction of sp³-hybridized carbons (Fsp3) is 0.250. The molecule has 0 amide bonds. The van der Waals surface area contributed by atoms with Gasteiger partial charge in [-0.3, -0.25) is 0 Å². The molecule has 1 aliphatic rings. The van der Waals surface area contributed by atoms with Crippen molar-refractivity contribution in [3.05, 3.63) is 82.2 Å². The van der Waals surface area contributed by atoms with E-state index in [1.807, 2.05) is 12.1 Å². The summed E-state index contributed by atoms with van der Waals surface area (Å²) in [4.78, 5) is 8.76. The van der Waals surface area contributed by atoms with Crippen molar-refractivity contribution >= 4 is 34.0 Å². The molecule has 142 valence electrons. The van der Waals surface area contributed by atoms with Crippen LogP contribution >= 0.6 is 11.6 Å². The number of anilines is 2. The average Bonchev–Trinajstić information content (AvgIpc) is 2.68. The maximum atomic E-state index is 6.58. The normalized spacial score (nSPS) is 14.0. The number of aryl methyl sites for hydroxylation is 2. The van der Waals surface area contributed by atoms with Crippen LogP contribution in [0.25, 0.3) is 10.9 Å². The summed E-state index contributed by atoms with van der Waals surface area (Å²) in [7, 11) is 0. The van der Waals surface area contributed by atoms with Gasteiger partial charge in [0.25, 0.3) is 0 Å². The van der Waals surface area contributed by atoms with Gasteiger partial charge in [0, 0.05) is 16.1 Å². The molecule has 0 atom stereocenters. The van der Waals surface area contributed by atoms with E-state index in [-0.39, 0.29) is 0 Å². The minimum absolute atomic E-state index is 0.789. The summed E-state index contributed by atoms with van der Waals surface area (Å²) in [5.74, 6) is 0.797. The van der Waals surface area contributed by atoms with Crippen molar-refractivity contribution in [2.24, 2.45) is 0 Å². The zero-order valence-corrected chi connectivity index (χ0v) is 17.1. The number of hydrogen-bond donors (Lipinski definition) is 1. The molecule has 3 nitrogen and oxygen atoms in total. The SMILES string of the molecule is CC1=CC(CCc2ccc(Nc3ncnc4ccc(C)cc34)cc2Cl)=CCC1. The average molecular weight is 390 g/mol. The molecule has 28 heavy (non-hydrogen) atoms. The van der Waals surface area contributed by atoms with Crippen LogP contribution in [0, 0.1) is 6.92 Å². The van der Waals surface area contributed by atoms with Gasteiger partial charge in [-0.05, 0) is 69.4 Å². The third kappa shape index (κ3) is 4.26. The van der Waals surface area contributed by atoms with Crippen molar-refractivity contribution in [1.82, 2.24) is 9.97 Å². The number of benzene rings is 2. The molecule has 0 fully saturated rings. The molecular weight excluding hydrogens is 366 g/mol. The zero-order valence-electron chi connectivity index (χ0n) is 16.3. The number of allylic oxidation sites excluding steroid dienone is 4. The minimum Gasteiger partial charge on any atom is -0.340 e. The second-order valence-corrected chi connectivity index (χ2v) is 7.89.